The number of hydrogen-bond donors (Lipinski definition) is 2. The number of nitrogens with one attached hydrogen (secondary N) is 2. The number of H-pyrrole nitrogens is 1. The highest BCUT2D eigenvalue weighted by Crippen LogP contribution is 2.22. The van der Waals surface area contributed by atoms with Gasteiger partial charge in [0.25, 0.3) is 5.56 Å². The fraction of sp³-hybridized carbons (Fsp3) is 0.185. The Labute approximate surface area is 208 Å². The monoisotopic (exact) mass is 486 g/mol. The predicted octanol–water partition coefficient (Wildman–Crippen LogP) is 4.73. The summed E-state index contributed by atoms with van der Waals surface area (Å²) in [5.41, 5.74) is 5.17. The number of fused-ring (bicyclic) bond motifs is 1. The van der Waals surface area contributed by atoms with Gasteiger partial charge in [0.1, 0.15) is 0 Å². The number of ether oxygens (including phenoxy) is 1. The zero-order chi connectivity index (χ0) is 24.9. The van der Waals surface area contributed by atoms with E-state index < -0.39 is 5.97 Å². The summed E-state index contributed by atoms with van der Waals surface area (Å²) in [5.74, 6) is -0.466. The summed E-state index contributed by atoms with van der Waals surface area (Å²) in [4.78, 5) is 34.4. The van der Waals surface area contributed by atoms with Crippen molar-refractivity contribution in [1.82, 2.24) is 14.9 Å². The van der Waals surface area contributed by atoms with Gasteiger partial charge < -0.3 is 19.9 Å². The summed E-state index contributed by atoms with van der Waals surface area (Å²) in [6, 6.07) is 16.8. The maximum Gasteiger partial charge on any atom is 0.339 e. The Morgan fingerprint density at radius 3 is 2.60 bits per heavy atom. The molecular formula is C27H26N4O3S. The van der Waals surface area contributed by atoms with E-state index in [0.29, 0.717) is 28.5 Å². The molecule has 178 valence electrons. The third-order valence-corrected chi connectivity index (χ3v) is 6.20. The molecule has 8 heteroatoms. The van der Waals surface area contributed by atoms with Gasteiger partial charge in [-0.05, 0) is 67.0 Å². The number of carbonyl (C=O) groups is 1. The van der Waals surface area contributed by atoms with E-state index in [1.165, 1.54) is 7.11 Å². The van der Waals surface area contributed by atoms with Crippen LogP contribution >= 0.6 is 12.2 Å². The fourth-order valence-corrected chi connectivity index (χ4v) is 4.17. The van der Waals surface area contributed by atoms with Gasteiger partial charge in [-0.2, -0.15) is 0 Å². The maximum atomic E-state index is 13.0. The van der Waals surface area contributed by atoms with Gasteiger partial charge in [-0.15, -0.1) is 0 Å². The minimum absolute atomic E-state index is 0.167. The van der Waals surface area contributed by atoms with Gasteiger partial charge in [0.15, 0.2) is 5.11 Å². The summed E-state index contributed by atoms with van der Waals surface area (Å²) >= 11 is 5.75. The van der Waals surface area contributed by atoms with Crippen molar-refractivity contribution in [2.24, 2.45) is 0 Å². The summed E-state index contributed by atoms with van der Waals surface area (Å²) < 4.78 is 4.90. The number of esters is 1. The van der Waals surface area contributed by atoms with E-state index >= 15 is 0 Å². The third kappa shape index (κ3) is 5.38. The standard InChI is InChI=1S/C27H26N4O3S/c1-17-10-11-18(2)24-22(17)13-20(25(32)30-24)16-31(15-19-7-6-12-28-14-19)27(35)29-23-9-5-4-8-21(23)26(33)34-3/h4-14H,15-16H2,1-3H3,(H,29,35)(H,30,32). The van der Waals surface area contributed by atoms with Gasteiger partial charge in [-0.1, -0.05) is 30.3 Å². The molecule has 2 aromatic heterocycles. The zero-order valence-corrected chi connectivity index (χ0v) is 20.6. The van der Waals surface area contributed by atoms with Gasteiger partial charge in [0, 0.05) is 29.9 Å². The van der Waals surface area contributed by atoms with Crippen molar-refractivity contribution in [2.45, 2.75) is 26.9 Å². The second-order valence-corrected chi connectivity index (χ2v) is 8.68. The van der Waals surface area contributed by atoms with Crippen LogP contribution in [0.1, 0.15) is 32.6 Å². The molecule has 0 bridgehead atoms. The molecule has 2 aromatic carbocycles. The Bertz CT molecular complexity index is 1450. The highest BCUT2D eigenvalue weighted by molar-refractivity contribution is 7.80. The van der Waals surface area contributed by atoms with Crippen molar-refractivity contribution in [2.75, 3.05) is 12.4 Å². The third-order valence-electron chi connectivity index (χ3n) is 5.84. The molecular weight excluding hydrogens is 460 g/mol. The molecule has 0 amide bonds. The number of hydrogen-bond acceptors (Lipinski definition) is 5. The lowest BCUT2D eigenvalue weighted by Gasteiger charge is -2.26. The number of rotatable bonds is 6. The van der Waals surface area contributed by atoms with Crippen LogP contribution in [-0.2, 0) is 17.8 Å². The number of anilines is 1. The van der Waals surface area contributed by atoms with Gasteiger partial charge in [0.2, 0.25) is 0 Å². The lowest BCUT2D eigenvalue weighted by atomic mass is 10.0. The first-order chi connectivity index (χ1) is 16.9. The van der Waals surface area contributed by atoms with Crippen molar-refractivity contribution in [3.8, 4) is 0 Å². The Hall–Kier alpha value is -4.04. The average Bonchev–Trinajstić information content (AvgIpc) is 2.87. The minimum Gasteiger partial charge on any atom is -0.465 e. The van der Waals surface area contributed by atoms with Crippen LogP contribution in [0.2, 0.25) is 0 Å². The molecule has 0 aliphatic rings. The lowest BCUT2D eigenvalue weighted by molar-refractivity contribution is 0.0602. The molecule has 4 aromatic rings. The van der Waals surface area contributed by atoms with Crippen molar-refractivity contribution in [1.29, 1.82) is 0 Å². The molecule has 0 unspecified atom stereocenters. The highest BCUT2D eigenvalue weighted by Gasteiger charge is 2.18. The summed E-state index contributed by atoms with van der Waals surface area (Å²) in [6.45, 7) is 4.68. The van der Waals surface area contributed by atoms with Crippen LogP contribution < -0.4 is 10.9 Å². The molecule has 2 heterocycles. The fourth-order valence-electron chi connectivity index (χ4n) is 3.93. The first-order valence-electron chi connectivity index (χ1n) is 11.1. The van der Waals surface area contributed by atoms with Crippen molar-refractivity contribution in [3.63, 3.8) is 0 Å². The molecule has 0 fully saturated rings. The lowest BCUT2D eigenvalue weighted by Crippen LogP contribution is -2.36. The number of nitrogens with zero attached hydrogens (tertiary/aromatic N) is 2. The number of aryl methyl sites for hydroxylation is 2. The van der Waals surface area contributed by atoms with E-state index in [1.54, 1.807) is 30.6 Å². The van der Waals surface area contributed by atoms with Crippen molar-refractivity contribution < 1.29 is 9.53 Å². The first-order valence-corrected chi connectivity index (χ1v) is 11.5. The van der Waals surface area contributed by atoms with Gasteiger partial charge in [-0.3, -0.25) is 9.78 Å². The van der Waals surface area contributed by atoms with E-state index in [9.17, 15) is 9.59 Å². The van der Waals surface area contributed by atoms with Crippen LogP contribution in [0.15, 0.2) is 71.8 Å². The van der Waals surface area contributed by atoms with E-state index in [0.717, 1.165) is 27.6 Å². The molecule has 35 heavy (non-hydrogen) atoms. The molecule has 4 rings (SSSR count). The largest absolute Gasteiger partial charge is 0.465 e. The van der Waals surface area contributed by atoms with Crippen LogP contribution in [0.3, 0.4) is 0 Å². The molecule has 0 aliphatic carbocycles. The number of benzene rings is 2. The molecule has 2 N–H and O–H groups in total. The van der Waals surface area contributed by atoms with Crippen molar-refractivity contribution in [3.05, 3.63) is 105 Å². The minimum atomic E-state index is -0.466. The molecule has 0 aliphatic heterocycles. The zero-order valence-electron chi connectivity index (χ0n) is 19.8. The predicted molar refractivity (Wildman–Crippen MR) is 142 cm³/mol. The van der Waals surface area contributed by atoms with Crippen LogP contribution in [0, 0.1) is 13.8 Å². The topological polar surface area (TPSA) is 87.3 Å². The number of thiocarbonyl (C=S) groups is 1. The first kappa shape index (κ1) is 24.1. The quantitative estimate of drug-likeness (QED) is 0.301. The van der Waals surface area contributed by atoms with Gasteiger partial charge in [-0.25, -0.2) is 4.79 Å². The molecule has 7 nitrogen and oxygen atoms in total. The Balaban J connectivity index is 1.70. The maximum absolute atomic E-state index is 13.0. The van der Waals surface area contributed by atoms with Gasteiger partial charge >= 0.3 is 5.97 Å². The molecule has 0 atom stereocenters. The number of aromatic nitrogens is 2. The Morgan fingerprint density at radius 1 is 1.09 bits per heavy atom. The van der Waals surface area contributed by atoms with Crippen LogP contribution in [0.4, 0.5) is 5.69 Å². The Morgan fingerprint density at radius 2 is 1.86 bits per heavy atom. The average molecular weight is 487 g/mol. The normalized spacial score (nSPS) is 10.7. The molecule has 0 saturated carbocycles. The molecule has 0 saturated heterocycles. The van der Waals surface area contributed by atoms with E-state index in [4.69, 9.17) is 17.0 Å². The highest BCUT2D eigenvalue weighted by atomic mass is 32.1. The molecule has 0 radical (unpaired) electrons. The van der Waals surface area contributed by atoms with E-state index in [1.807, 2.05) is 55.1 Å². The van der Waals surface area contributed by atoms with Crippen LogP contribution in [0.25, 0.3) is 10.9 Å². The van der Waals surface area contributed by atoms with Crippen LogP contribution in [-0.4, -0.2) is 33.1 Å². The number of aromatic amines is 1. The number of carbonyl (C=O) groups excluding carboxylic acids is 1. The van der Waals surface area contributed by atoms with Gasteiger partial charge in [0.05, 0.1) is 30.4 Å². The SMILES string of the molecule is COC(=O)c1ccccc1NC(=S)N(Cc1cccnc1)Cc1cc2c(C)ccc(C)c2[nH]c1=O. The van der Waals surface area contributed by atoms with Crippen LogP contribution in [0.5, 0.6) is 0 Å². The van der Waals surface area contributed by atoms with E-state index in [-0.39, 0.29) is 12.1 Å². The smallest absolute Gasteiger partial charge is 0.339 e. The Kier molecular flexibility index (Phi) is 7.22. The van der Waals surface area contributed by atoms with E-state index in [2.05, 4.69) is 15.3 Å². The summed E-state index contributed by atoms with van der Waals surface area (Å²) in [5, 5.41) is 4.53. The summed E-state index contributed by atoms with van der Waals surface area (Å²) in [7, 11) is 1.34. The number of para-hydroxylation sites is 1. The summed E-state index contributed by atoms with van der Waals surface area (Å²) in [6.07, 6.45) is 3.46. The second-order valence-electron chi connectivity index (χ2n) is 8.30. The van der Waals surface area contributed by atoms with Crippen molar-refractivity contribution >= 4 is 39.9 Å². The number of methoxy groups -OCH3 is 1. The number of pyridine rings is 2. The second kappa shape index (κ2) is 10.5. The molecule has 0 spiro atoms.